The molecule has 0 unspecified atom stereocenters. The zero-order valence-corrected chi connectivity index (χ0v) is 13.3. The lowest BCUT2D eigenvalue weighted by molar-refractivity contribution is 0.463. The average molecular weight is 344 g/mol. The molecule has 0 spiro atoms. The molecule has 110 valence electrons. The standard InChI is InChI=1S/C15H13Cl3N2O/c16-11-2-1-3-13(14(11)18)21-15-12(17)6-9(8-20-15)7-19-10-4-5-10/h1-3,6,8,10,19H,4-5,7H2. The number of ether oxygens (including phenoxy) is 1. The number of nitrogens with one attached hydrogen (secondary N) is 1. The van der Waals surface area contributed by atoms with Crippen LogP contribution in [-0.2, 0) is 6.54 Å². The molecule has 1 N–H and O–H groups in total. The smallest absolute Gasteiger partial charge is 0.238 e. The van der Waals surface area contributed by atoms with E-state index < -0.39 is 0 Å². The zero-order chi connectivity index (χ0) is 14.8. The summed E-state index contributed by atoms with van der Waals surface area (Å²) in [5.74, 6) is 0.749. The van der Waals surface area contributed by atoms with Gasteiger partial charge in [0.25, 0.3) is 0 Å². The molecule has 1 aliphatic rings. The summed E-state index contributed by atoms with van der Waals surface area (Å²) >= 11 is 18.2. The van der Waals surface area contributed by atoms with Gasteiger partial charge in [-0.3, -0.25) is 0 Å². The Morgan fingerprint density at radius 1 is 1.19 bits per heavy atom. The Bertz CT molecular complexity index is 659. The number of nitrogens with zero attached hydrogens (tertiary/aromatic N) is 1. The second-order valence-electron chi connectivity index (χ2n) is 4.94. The largest absolute Gasteiger partial charge is 0.436 e. The number of rotatable bonds is 5. The van der Waals surface area contributed by atoms with Crippen molar-refractivity contribution in [3.05, 3.63) is 51.1 Å². The fourth-order valence-electron chi connectivity index (χ4n) is 1.85. The molecular weight excluding hydrogens is 331 g/mol. The average Bonchev–Trinajstić information content (AvgIpc) is 3.28. The summed E-state index contributed by atoms with van der Waals surface area (Å²) in [6.45, 7) is 0.760. The summed E-state index contributed by atoms with van der Waals surface area (Å²) in [6, 6.07) is 7.65. The summed E-state index contributed by atoms with van der Waals surface area (Å²) in [7, 11) is 0. The van der Waals surface area contributed by atoms with Gasteiger partial charge in [0.05, 0.1) is 5.02 Å². The second-order valence-corrected chi connectivity index (χ2v) is 6.13. The molecule has 0 radical (unpaired) electrons. The molecule has 21 heavy (non-hydrogen) atoms. The van der Waals surface area contributed by atoms with Crippen molar-refractivity contribution < 1.29 is 4.74 Å². The Kier molecular flexibility index (Phi) is 4.55. The number of pyridine rings is 1. The van der Waals surface area contributed by atoms with Gasteiger partial charge in [0.1, 0.15) is 15.8 Å². The lowest BCUT2D eigenvalue weighted by atomic mass is 10.3. The molecule has 3 rings (SSSR count). The summed E-state index contributed by atoms with van der Waals surface area (Å²) in [5, 5.41) is 4.62. The normalized spacial score (nSPS) is 14.2. The van der Waals surface area contributed by atoms with E-state index in [0.29, 0.717) is 32.7 Å². The van der Waals surface area contributed by atoms with E-state index in [1.165, 1.54) is 12.8 Å². The van der Waals surface area contributed by atoms with E-state index in [4.69, 9.17) is 39.5 Å². The Labute approximate surface area is 138 Å². The van der Waals surface area contributed by atoms with Crippen LogP contribution in [0.3, 0.4) is 0 Å². The fourth-order valence-corrected chi connectivity index (χ4v) is 2.41. The highest BCUT2D eigenvalue weighted by Gasteiger charge is 2.20. The van der Waals surface area contributed by atoms with E-state index in [0.717, 1.165) is 12.1 Å². The van der Waals surface area contributed by atoms with Crippen LogP contribution in [0.4, 0.5) is 0 Å². The van der Waals surface area contributed by atoms with Crippen molar-refractivity contribution in [2.24, 2.45) is 0 Å². The molecule has 1 saturated carbocycles. The van der Waals surface area contributed by atoms with Crippen molar-refractivity contribution in [3.8, 4) is 11.6 Å². The highest BCUT2D eigenvalue weighted by molar-refractivity contribution is 6.43. The molecule has 0 bridgehead atoms. The maximum absolute atomic E-state index is 6.21. The van der Waals surface area contributed by atoms with Gasteiger partial charge < -0.3 is 10.1 Å². The highest BCUT2D eigenvalue weighted by Crippen LogP contribution is 2.36. The molecule has 0 atom stereocenters. The van der Waals surface area contributed by atoms with E-state index in [1.807, 2.05) is 6.07 Å². The van der Waals surface area contributed by atoms with Crippen molar-refractivity contribution in [2.75, 3.05) is 0 Å². The molecule has 1 aromatic heterocycles. The second kappa shape index (κ2) is 6.41. The first-order chi connectivity index (χ1) is 10.1. The Hall–Kier alpha value is -1.000. The summed E-state index contributed by atoms with van der Waals surface area (Å²) in [5.41, 5.74) is 1.02. The minimum atomic E-state index is 0.316. The molecule has 1 aliphatic carbocycles. The van der Waals surface area contributed by atoms with Gasteiger partial charge in [0, 0.05) is 18.8 Å². The van der Waals surface area contributed by atoms with Gasteiger partial charge in [-0.1, -0.05) is 40.9 Å². The van der Waals surface area contributed by atoms with E-state index in [1.54, 1.807) is 24.4 Å². The first kappa shape index (κ1) is 14.9. The van der Waals surface area contributed by atoms with Crippen molar-refractivity contribution in [1.29, 1.82) is 0 Å². The lowest BCUT2D eigenvalue weighted by Gasteiger charge is -2.10. The van der Waals surface area contributed by atoms with Crippen LogP contribution in [0.2, 0.25) is 15.1 Å². The lowest BCUT2D eigenvalue weighted by Crippen LogP contribution is -2.15. The molecule has 1 fully saturated rings. The Balaban J connectivity index is 1.74. The molecule has 1 aromatic carbocycles. The summed E-state index contributed by atoms with van der Waals surface area (Å²) in [4.78, 5) is 4.25. The topological polar surface area (TPSA) is 34.2 Å². The van der Waals surface area contributed by atoms with Gasteiger partial charge in [-0.2, -0.15) is 0 Å². The molecule has 1 heterocycles. The molecule has 2 aromatic rings. The van der Waals surface area contributed by atoms with Crippen LogP contribution in [0, 0.1) is 0 Å². The molecule has 0 aliphatic heterocycles. The van der Waals surface area contributed by atoms with Gasteiger partial charge in [-0.15, -0.1) is 0 Å². The van der Waals surface area contributed by atoms with Crippen LogP contribution in [0.25, 0.3) is 0 Å². The Morgan fingerprint density at radius 3 is 2.71 bits per heavy atom. The van der Waals surface area contributed by atoms with Crippen molar-refractivity contribution in [3.63, 3.8) is 0 Å². The Morgan fingerprint density at radius 2 is 2.00 bits per heavy atom. The quantitative estimate of drug-likeness (QED) is 0.821. The van der Waals surface area contributed by atoms with Crippen molar-refractivity contribution >= 4 is 34.8 Å². The monoisotopic (exact) mass is 342 g/mol. The molecule has 6 heteroatoms. The summed E-state index contributed by atoms with van der Waals surface area (Å²) < 4.78 is 5.63. The van der Waals surface area contributed by atoms with E-state index in [-0.39, 0.29) is 0 Å². The van der Waals surface area contributed by atoms with E-state index in [9.17, 15) is 0 Å². The molecular formula is C15H13Cl3N2O. The molecule has 3 nitrogen and oxygen atoms in total. The number of benzene rings is 1. The number of hydrogen-bond donors (Lipinski definition) is 1. The number of halogens is 3. The van der Waals surface area contributed by atoms with Crippen LogP contribution >= 0.6 is 34.8 Å². The first-order valence-corrected chi connectivity index (χ1v) is 7.76. The van der Waals surface area contributed by atoms with E-state index >= 15 is 0 Å². The number of aromatic nitrogens is 1. The molecule has 0 amide bonds. The van der Waals surface area contributed by atoms with Gasteiger partial charge in [-0.05, 0) is 36.6 Å². The molecule has 0 saturated heterocycles. The van der Waals surface area contributed by atoms with Crippen LogP contribution < -0.4 is 10.1 Å². The minimum Gasteiger partial charge on any atom is -0.436 e. The van der Waals surface area contributed by atoms with Gasteiger partial charge in [0.15, 0.2) is 0 Å². The number of hydrogen-bond acceptors (Lipinski definition) is 3. The highest BCUT2D eigenvalue weighted by atomic mass is 35.5. The third-order valence-electron chi connectivity index (χ3n) is 3.16. The predicted molar refractivity (Wildman–Crippen MR) is 85.6 cm³/mol. The summed E-state index contributed by atoms with van der Waals surface area (Å²) in [6.07, 6.45) is 4.24. The fraction of sp³-hybridized carbons (Fsp3) is 0.267. The third kappa shape index (κ3) is 3.80. The van der Waals surface area contributed by atoms with Crippen LogP contribution in [0.1, 0.15) is 18.4 Å². The predicted octanol–water partition coefficient (Wildman–Crippen LogP) is 5.09. The van der Waals surface area contributed by atoms with Crippen molar-refractivity contribution in [1.82, 2.24) is 10.3 Å². The van der Waals surface area contributed by atoms with Gasteiger partial charge in [0.2, 0.25) is 5.88 Å². The minimum absolute atomic E-state index is 0.316. The maximum atomic E-state index is 6.21. The first-order valence-electron chi connectivity index (χ1n) is 6.63. The van der Waals surface area contributed by atoms with Crippen LogP contribution in [0.5, 0.6) is 11.6 Å². The third-order valence-corrected chi connectivity index (χ3v) is 4.23. The van der Waals surface area contributed by atoms with Crippen molar-refractivity contribution in [2.45, 2.75) is 25.4 Å². The van der Waals surface area contributed by atoms with E-state index in [2.05, 4.69) is 10.3 Å². The SMILES string of the molecule is Clc1cc(CNC2CC2)cnc1Oc1cccc(Cl)c1Cl. The van der Waals surface area contributed by atoms with Gasteiger partial charge >= 0.3 is 0 Å². The van der Waals surface area contributed by atoms with Gasteiger partial charge in [-0.25, -0.2) is 4.98 Å². The van der Waals surface area contributed by atoms with Crippen LogP contribution in [-0.4, -0.2) is 11.0 Å². The maximum Gasteiger partial charge on any atom is 0.238 e. The van der Waals surface area contributed by atoms with Crippen LogP contribution in [0.15, 0.2) is 30.5 Å². The zero-order valence-electron chi connectivity index (χ0n) is 11.1.